The first-order chi connectivity index (χ1) is 61.7. The van der Waals surface area contributed by atoms with Crippen LogP contribution < -0.4 is 56.1 Å². The topological polar surface area (TPSA) is 952 Å². The molecule has 10 heterocycles. The SMILES string of the molecule is COC1OC(CO)C(OC2OC(CO)C(OC3OC(CO)C(OC4OC(CO)C(OC5OC(CO)C(OC6OC(CO)C(OC7OC(CO)C(OC8OC(CO)C(OC9OC(CO)C(OC%10OC(CO)C(OC)C(O)C%10N)C(O)C9N)C(O)C8N)C(O)C7N)C(O)C6NC[C@H](O)[C@@H](O)[C@@H](O)[C@H](O)CO)C(O)C5NC(C)=O)C(O)C4N)C(O)C3N)C(O)C2N)C(O)C1NC(C)=O. The highest BCUT2D eigenvalue weighted by Gasteiger charge is 2.62. The van der Waals surface area contributed by atoms with E-state index in [2.05, 4.69) is 16.0 Å². The molecule has 0 radical (unpaired) electrons. The zero-order valence-electron chi connectivity index (χ0n) is 70.8. The van der Waals surface area contributed by atoms with Gasteiger partial charge >= 0.3 is 0 Å². The van der Waals surface area contributed by atoms with E-state index >= 15 is 0 Å². The second kappa shape index (κ2) is 48.6. The summed E-state index contributed by atoms with van der Waals surface area (Å²) in [5.41, 5.74) is 45.0. The minimum absolute atomic E-state index is 0.601. The van der Waals surface area contributed by atoms with Crippen LogP contribution in [0, 0.1) is 0 Å². The summed E-state index contributed by atoms with van der Waals surface area (Å²) in [6.07, 6.45) is -78.7. The molecule has 50 unspecified atom stereocenters. The molecular weight excluding hydrogens is 1770 g/mol. The summed E-state index contributed by atoms with van der Waals surface area (Å²) < 4.78 is 124. The number of aliphatic hydroxyl groups excluding tert-OH is 25. The molecule has 54 atom stereocenters. The van der Waals surface area contributed by atoms with Crippen molar-refractivity contribution in [3.63, 3.8) is 0 Å². The molecule has 0 aromatic heterocycles. The minimum Gasteiger partial charge on any atom is -0.394 e. The van der Waals surface area contributed by atoms with Gasteiger partial charge in [0.25, 0.3) is 0 Å². The molecule has 0 spiro atoms. The lowest BCUT2D eigenvalue weighted by Gasteiger charge is -2.51. The van der Waals surface area contributed by atoms with Gasteiger partial charge in [0.2, 0.25) is 11.8 Å². The molecule has 42 N–H and O–H groups in total. The fraction of sp³-hybridized carbons (Fsp3) is 0.972. The predicted molar refractivity (Wildman–Crippen MR) is 413 cm³/mol. The first kappa shape index (κ1) is 109. The fourth-order valence-corrected chi connectivity index (χ4v) is 17.2. The van der Waals surface area contributed by atoms with E-state index < -0.39 is 422 Å². The summed E-state index contributed by atoms with van der Waals surface area (Å²) in [6, 6.07) is -16.7. The second-order valence-corrected chi connectivity index (χ2v) is 33.2. The van der Waals surface area contributed by atoms with Crippen LogP contribution in [0.1, 0.15) is 13.8 Å². The number of methoxy groups -OCH3 is 2. The highest BCUT2D eigenvalue weighted by atomic mass is 16.8. The van der Waals surface area contributed by atoms with Crippen LogP contribution in [0.3, 0.4) is 0 Å². The lowest BCUT2D eigenvalue weighted by Crippen LogP contribution is -2.72. The summed E-state index contributed by atoms with van der Waals surface area (Å²) >= 11 is 0. The maximum atomic E-state index is 13.1. The van der Waals surface area contributed by atoms with Crippen LogP contribution in [0.5, 0.6) is 0 Å². The van der Waals surface area contributed by atoms with Gasteiger partial charge in [0.1, 0.15) is 214 Å². The molecule has 10 fully saturated rings. The second-order valence-electron chi connectivity index (χ2n) is 33.2. The number of aliphatic hydroxyl groups is 25. The third kappa shape index (κ3) is 23.7. The van der Waals surface area contributed by atoms with Gasteiger partial charge in [0.05, 0.1) is 127 Å². The van der Waals surface area contributed by atoms with Crippen LogP contribution in [0.2, 0.25) is 0 Å². The van der Waals surface area contributed by atoms with E-state index in [9.17, 15) is 137 Å². The number of hydrogen-bond donors (Lipinski definition) is 35. The maximum absolute atomic E-state index is 13.1. The van der Waals surface area contributed by atoms with Crippen LogP contribution in [-0.4, -0.2) is 564 Å². The molecule has 758 valence electrons. The van der Waals surface area contributed by atoms with Crippen molar-refractivity contribution in [2.24, 2.45) is 40.1 Å². The summed E-state index contributed by atoms with van der Waals surface area (Å²) in [5, 5.41) is 284. The van der Waals surface area contributed by atoms with Crippen LogP contribution in [0.25, 0.3) is 0 Å². The molecule has 2 amide bonds. The summed E-state index contributed by atoms with van der Waals surface area (Å²) in [4.78, 5) is 25.2. The van der Waals surface area contributed by atoms with E-state index in [1.165, 1.54) is 14.2 Å². The van der Waals surface area contributed by atoms with Crippen molar-refractivity contribution in [1.82, 2.24) is 16.0 Å². The molecule has 0 bridgehead atoms. The smallest absolute Gasteiger partial charge is 0.217 e. The molecule has 10 saturated heterocycles. The number of nitrogens with one attached hydrogen (secondary N) is 3. The van der Waals surface area contributed by atoms with Gasteiger partial charge in [-0.25, -0.2) is 0 Å². The predicted octanol–water partition coefficient (Wildman–Crippen LogP) is -24.4. The quantitative estimate of drug-likeness (QED) is 0.0272. The molecule has 0 aliphatic carbocycles. The monoisotopic (exact) mass is 1900 g/mol. The number of carbonyl (C=O) groups excluding carboxylic acids is 2. The van der Waals surface area contributed by atoms with Gasteiger partial charge in [-0.05, 0) is 0 Å². The van der Waals surface area contributed by atoms with E-state index in [0.717, 1.165) is 13.8 Å². The van der Waals surface area contributed by atoms with E-state index in [1.54, 1.807) is 0 Å². The molecule has 58 nitrogen and oxygen atoms in total. The zero-order chi connectivity index (χ0) is 95.8. The summed E-state index contributed by atoms with van der Waals surface area (Å²) in [5.74, 6) is -1.52. The fourth-order valence-electron chi connectivity index (χ4n) is 17.2. The van der Waals surface area contributed by atoms with Crippen molar-refractivity contribution in [2.45, 2.75) is 345 Å². The Hall–Kier alpha value is -3.22. The largest absolute Gasteiger partial charge is 0.394 e. The Bertz CT molecular complexity index is 3390. The summed E-state index contributed by atoms with van der Waals surface area (Å²) in [7, 11) is 2.46. The van der Waals surface area contributed by atoms with Crippen LogP contribution >= 0.6 is 0 Å². The number of hydrogen-bond acceptors (Lipinski definition) is 56. The van der Waals surface area contributed by atoms with Gasteiger partial charge < -0.3 is 283 Å². The number of amides is 2. The highest BCUT2D eigenvalue weighted by molar-refractivity contribution is 5.73. The number of nitrogens with two attached hydrogens (primary N) is 7. The Labute approximate surface area is 740 Å². The number of carbonyl (C=O) groups is 2. The van der Waals surface area contributed by atoms with Gasteiger partial charge in [-0.3, -0.25) is 9.59 Å². The molecule has 0 saturated carbocycles. The molecule has 10 aliphatic heterocycles. The minimum atomic E-state index is -2.28. The Morgan fingerprint density at radius 2 is 0.454 bits per heavy atom. The molecule has 130 heavy (non-hydrogen) atoms. The van der Waals surface area contributed by atoms with E-state index in [0.29, 0.717) is 0 Å². The van der Waals surface area contributed by atoms with Crippen molar-refractivity contribution in [3.8, 4) is 0 Å². The molecule has 58 heteroatoms. The van der Waals surface area contributed by atoms with Gasteiger partial charge in [-0.1, -0.05) is 0 Å². The van der Waals surface area contributed by atoms with E-state index in [1.807, 2.05) is 0 Å². The third-order valence-electron chi connectivity index (χ3n) is 24.6. The molecule has 10 rings (SSSR count). The van der Waals surface area contributed by atoms with E-state index in [-0.39, 0.29) is 0 Å². The lowest BCUT2D eigenvalue weighted by molar-refractivity contribution is -0.374. The Morgan fingerprint density at radius 1 is 0.269 bits per heavy atom. The van der Waals surface area contributed by atoms with Crippen molar-refractivity contribution in [2.75, 3.05) is 93.4 Å². The van der Waals surface area contributed by atoms with Crippen molar-refractivity contribution in [3.05, 3.63) is 0 Å². The molecule has 0 aromatic rings. The van der Waals surface area contributed by atoms with Crippen LogP contribution in [0.15, 0.2) is 0 Å². The average Bonchev–Trinajstić information content (AvgIpc) is 0.761. The lowest BCUT2D eigenvalue weighted by atomic mass is 9.93. The standard InChI is InChI=1S/C72H132N10O48/c1-17(94)81-39-51(108)61(28(14-91)119-70(39)111-4)128-69-36(78)48(105)58(26(12-89)117-69)125-66-34(76)46(103)56(24(10-87)115-66)126-67-37(79)49(106)59(27(13-90)118-67)129-72-40(82-18(2)95)52(109)62(30(16-93)121-72)130-71-38(80-5-19(96)41(98)42(99)20(97)6-83)50(107)60(29(15-92)120-71)127-68-35(77)47(104)57(25(11-88)116-68)124-65-33(75)45(102)55(23(9-86)114-65)123-64-32(74)44(101)54(22(8-85)113-64)122-63-31(73)43(100)53(110-3)21(7-84)112-63/h19-72,80,83-93,96-109H,5-16,73-79H2,1-4H3,(H,81,94)(H,82,95)/t19-,20+,21?,22?,23?,24?,25?,26?,27?,28?,29?,30?,31?,32?,33?,34?,35?,36?,37?,38?,39?,40?,41+,42-,43?,44?,45?,46?,47?,48?,49?,50?,51?,52?,53?,54?,55?,56?,57?,58?,59?,60?,61?,62?,63?,64?,65?,66?,67?,68?,69?,70?,71?,72?/m0/s1. The van der Waals surface area contributed by atoms with Crippen LogP contribution in [-0.2, 0) is 109 Å². The molecular formula is C72H132N10O48. The number of ether oxygens (including phenoxy) is 21. The molecule has 0 aromatic carbocycles. The van der Waals surface area contributed by atoms with E-state index in [4.69, 9.17) is 140 Å². The van der Waals surface area contributed by atoms with Crippen molar-refractivity contribution in [1.29, 1.82) is 0 Å². The van der Waals surface area contributed by atoms with Crippen molar-refractivity contribution >= 4 is 11.8 Å². The Kier molecular flexibility index (Phi) is 40.7. The van der Waals surface area contributed by atoms with Gasteiger partial charge in [-0.2, -0.15) is 0 Å². The Balaban J connectivity index is 0.789. The average molecular weight is 1910 g/mol. The van der Waals surface area contributed by atoms with Crippen molar-refractivity contribution < 1.29 is 237 Å². The van der Waals surface area contributed by atoms with Gasteiger partial charge in [0.15, 0.2) is 62.9 Å². The third-order valence-corrected chi connectivity index (χ3v) is 24.6. The normalized spacial score (nSPS) is 48.5. The zero-order valence-corrected chi connectivity index (χ0v) is 70.8. The summed E-state index contributed by atoms with van der Waals surface area (Å²) in [6.45, 7) is -9.59. The Morgan fingerprint density at radius 3 is 0.677 bits per heavy atom. The first-order valence-corrected chi connectivity index (χ1v) is 42.0. The van der Waals surface area contributed by atoms with Gasteiger partial charge in [0, 0.05) is 34.6 Å². The number of rotatable bonds is 39. The maximum Gasteiger partial charge on any atom is 0.217 e. The van der Waals surface area contributed by atoms with Crippen LogP contribution in [0.4, 0.5) is 0 Å². The van der Waals surface area contributed by atoms with Gasteiger partial charge in [-0.15, -0.1) is 0 Å². The first-order valence-electron chi connectivity index (χ1n) is 42.0. The molecule has 10 aliphatic rings. The highest BCUT2D eigenvalue weighted by Crippen LogP contribution is 2.41.